The number of nitrogens with zero attached hydrogens (tertiary/aromatic N) is 1. The molecule has 3 rings (SSSR count). The lowest BCUT2D eigenvalue weighted by molar-refractivity contribution is 0.102. The first-order chi connectivity index (χ1) is 10.2. The van der Waals surface area contributed by atoms with Gasteiger partial charge in [0.25, 0.3) is 5.91 Å². The second-order valence-electron chi connectivity index (χ2n) is 4.64. The van der Waals surface area contributed by atoms with Crippen LogP contribution in [0.2, 0.25) is 0 Å². The molecular weight excluding hydrogens is 264 g/mol. The number of aryl methyl sites for hydroxylation is 1. The van der Waals surface area contributed by atoms with Crippen LogP contribution in [0.5, 0.6) is 0 Å². The molecule has 0 atom stereocenters. The number of hydrogen-bond donors (Lipinski definition) is 1. The highest BCUT2D eigenvalue weighted by molar-refractivity contribution is 6.13. The molecule has 4 nitrogen and oxygen atoms in total. The van der Waals surface area contributed by atoms with Crippen molar-refractivity contribution in [2.45, 2.75) is 6.92 Å². The maximum atomic E-state index is 12.5. The summed E-state index contributed by atoms with van der Waals surface area (Å²) in [5, 5.41) is 12.6. The minimum Gasteiger partial charge on any atom is -0.461 e. The van der Waals surface area contributed by atoms with Gasteiger partial charge >= 0.3 is 0 Å². The number of carbonyl (C=O) groups excluding carboxylic acids is 1. The molecule has 0 aliphatic rings. The summed E-state index contributed by atoms with van der Waals surface area (Å²) in [5.74, 6) is 0.281. The SMILES string of the molecule is Cc1oc2ccccc2c1C(=O)Nc1ccccc1C#N. The summed E-state index contributed by atoms with van der Waals surface area (Å²) >= 11 is 0. The van der Waals surface area contributed by atoms with Crippen LogP contribution < -0.4 is 5.32 Å². The predicted molar refractivity (Wildman–Crippen MR) is 80.1 cm³/mol. The zero-order valence-electron chi connectivity index (χ0n) is 11.4. The quantitative estimate of drug-likeness (QED) is 0.772. The average Bonchev–Trinajstić information content (AvgIpc) is 2.83. The number of carbonyl (C=O) groups is 1. The van der Waals surface area contributed by atoms with Gasteiger partial charge in [0.05, 0.1) is 16.8 Å². The molecule has 0 aliphatic carbocycles. The molecule has 0 bridgehead atoms. The van der Waals surface area contributed by atoms with Crippen molar-refractivity contribution in [2.24, 2.45) is 0 Å². The molecular formula is C17H12N2O2. The summed E-state index contributed by atoms with van der Waals surface area (Å²) < 4.78 is 5.59. The van der Waals surface area contributed by atoms with Crippen LogP contribution in [0.3, 0.4) is 0 Å². The fraction of sp³-hybridized carbons (Fsp3) is 0.0588. The van der Waals surface area contributed by atoms with E-state index < -0.39 is 0 Å². The van der Waals surface area contributed by atoms with E-state index in [1.165, 1.54) is 0 Å². The molecule has 0 saturated heterocycles. The van der Waals surface area contributed by atoms with Crippen molar-refractivity contribution in [3.8, 4) is 6.07 Å². The Morgan fingerprint density at radius 2 is 1.86 bits per heavy atom. The van der Waals surface area contributed by atoms with E-state index in [2.05, 4.69) is 11.4 Å². The molecule has 1 heterocycles. The van der Waals surface area contributed by atoms with Crippen molar-refractivity contribution in [1.82, 2.24) is 0 Å². The van der Waals surface area contributed by atoms with E-state index >= 15 is 0 Å². The van der Waals surface area contributed by atoms with E-state index in [9.17, 15) is 4.79 Å². The number of nitriles is 1. The summed E-state index contributed by atoms with van der Waals surface area (Å²) in [5.41, 5.74) is 2.10. The Hall–Kier alpha value is -3.06. The summed E-state index contributed by atoms with van der Waals surface area (Å²) in [6.07, 6.45) is 0. The van der Waals surface area contributed by atoms with Crippen LogP contribution in [0.25, 0.3) is 11.0 Å². The number of para-hydroxylation sites is 2. The highest BCUT2D eigenvalue weighted by Gasteiger charge is 2.18. The molecule has 1 aromatic heterocycles. The third kappa shape index (κ3) is 2.26. The lowest BCUT2D eigenvalue weighted by Gasteiger charge is -2.06. The third-order valence-electron chi connectivity index (χ3n) is 3.29. The summed E-state index contributed by atoms with van der Waals surface area (Å²) in [4.78, 5) is 12.5. The molecule has 0 unspecified atom stereocenters. The van der Waals surface area contributed by atoms with Gasteiger partial charge in [-0.3, -0.25) is 4.79 Å². The van der Waals surface area contributed by atoms with E-state index in [-0.39, 0.29) is 5.91 Å². The molecule has 4 heteroatoms. The van der Waals surface area contributed by atoms with Gasteiger partial charge in [-0.1, -0.05) is 30.3 Å². The molecule has 21 heavy (non-hydrogen) atoms. The molecule has 1 N–H and O–H groups in total. The van der Waals surface area contributed by atoms with Gasteiger partial charge in [-0.25, -0.2) is 0 Å². The molecule has 1 amide bonds. The van der Waals surface area contributed by atoms with Gasteiger partial charge in [-0.2, -0.15) is 5.26 Å². The molecule has 102 valence electrons. The molecule has 0 saturated carbocycles. The monoisotopic (exact) mass is 276 g/mol. The molecule has 3 aromatic rings. The van der Waals surface area contributed by atoms with Crippen LogP contribution in [-0.4, -0.2) is 5.91 Å². The number of nitrogens with one attached hydrogen (secondary N) is 1. The van der Waals surface area contributed by atoms with Gasteiger partial charge in [-0.15, -0.1) is 0 Å². The second-order valence-corrected chi connectivity index (χ2v) is 4.64. The number of benzene rings is 2. The highest BCUT2D eigenvalue weighted by atomic mass is 16.3. The minimum atomic E-state index is -0.278. The average molecular weight is 276 g/mol. The van der Waals surface area contributed by atoms with Crippen molar-refractivity contribution < 1.29 is 9.21 Å². The highest BCUT2D eigenvalue weighted by Crippen LogP contribution is 2.26. The Morgan fingerprint density at radius 1 is 1.14 bits per heavy atom. The Labute approximate surface area is 121 Å². The summed E-state index contributed by atoms with van der Waals surface area (Å²) in [6, 6.07) is 16.3. The number of amides is 1. The molecule has 0 aliphatic heterocycles. The normalized spacial score (nSPS) is 10.3. The van der Waals surface area contributed by atoms with Crippen LogP contribution in [0.15, 0.2) is 52.9 Å². The second kappa shape index (κ2) is 5.14. The third-order valence-corrected chi connectivity index (χ3v) is 3.29. The maximum absolute atomic E-state index is 12.5. The summed E-state index contributed by atoms with van der Waals surface area (Å²) in [7, 11) is 0. The number of furan rings is 1. The van der Waals surface area contributed by atoms with E-state index in [1.807, 2.05) is 24.3 Å². The van der Waals surface area contributed by atoms with Crippen LogP contribution in [-0.2, 0) is 0 Å². The van der Waals surface area contributed by atoms with Gasteiger partial charge in [0, 0.05) is 5.39 Å². The first-order valence-corrected chi connectivity index (χ1v) is 6.49. The summed E-state index contributed by atoms with van der Waals surface area (Å²) in [6.45, 7) is 1.76. The predicted octanol–water partition coefficient (Wildman–Crippen LogP) is 3.87. The number of anilines is 1. The lowest BCUT2D eigenvalue weighted by Crippen LogP contribution is -2.13. The standard InChI is InChI=1S/C17H12N2O2/c1-11-16(13-7-3-5-9-15(13)21-11)17(20)19-14-8-4-2-6-12(14)10-18/h2-9H,1H3,(H,19,20). The first kappa shape index (κ1) is 12.9. The van der Waals surface area contributed by atoms with Gasteiger partial charge in [0.1, 0.15) is 17.4 Å². The van der Waals surface area contributed by atoms with E-state index in [0.29, 0.717) is 28.2 Å². The molecule has 0 radical (unpaired) electrons. The topological polar surface area (TPSA) is 66.0 Å². The Kier molecular flexibility index (Phi) is 3.17. The molecule has 0 fully saturated rings. The van der Waals surface area contributed by atoms with E-state index in [1.54, 1.807) is 31.2 Å². The molecule has 2 aromatic carbocycles. The van der Waals surface area contributed by atoms with Crippen LogP contribution >= 0.6 is 0 Å². The Bertz CT molecular complexity index is 872. The maximum Gasteiger partial charge on any atom is 0.259 e. The minimum absolute atomic E-state index is 0.278. The van der Waals surface area contributed by atoms with Crippen LogP contribution in [0.4, 0.5) is 5.69 Å². The van der Waals surface area contributed by atoms with Gasteiger partial charge in [-0.05, 0) is 25.1 Å². The smallest absolute Gasteiger partial charge is 0.259 e. The first-order valence-electron chi connectivity index (χ1n) is 6.49. The fourth-order valence-electron chi connectivity index (χ4n) is 2.32. The zero-order chi connectivity index (χ0) is 14.8. The van der Waals surface area contributed by atoms with Gasteiger partial charge < -0.3 is 9.73 Å². The number of hydrogen-bond acceptors (Lipinski definition) is 3. The van der Waals surface area contributed by atoms with Crippen LogP contribution in [0.1, 0.15) is 21.7 Å². The van der Waals surface area contributed by atoms with E-state index in [0.717, 1.165) is 5.39 Å². The Morgan fingerprint density at radius 3 is 2.67 bits per heavy atom. The van der Waals surface area contributed by atoms with Gasteiger partial charge in [0.2, 0.25) is 0 Å². The van der Waals surface area contributed by atoms with Crippen LogP contribution in [0, 0.1) is 18.3 Å². The number of fused-ring (bicyclic) bond motifs is 1. The van der Waals surface area contributed by atoms with Crippen molar-refractivity contribution in [1.29, 1.82) is 5.26 Å². The van der Waals surface area contributed by atoms with Crippen molar-refractivity contribution in [3.63, 3.8) is 0 Å². The number of rotatable bonds is 2. The van der Waals surface area contributed by atoms with Crippen molar-refractivity contribution in [2.75, 3.05) is 5.32 Å². The Balaban J connectivity index is 2.02. The van der Waals surface area contributed by atoms with Crippen molar-refractivity contribution in [3.05, 3.63) is 65.4 Å². The lowest BCUT2D eigenvalue weighted by atomic mass is 10.1. The largest absolute Gasteiger partial charge is 0.461 e. The zero-order valence-corrected chi connectivity index (χ0v) is 11.4. The fourth-order valence-corrected chi connectivity index (χ4v) is 2.32. The van der Waals surface area contributed by atoms with Crippen molar-refractivity contribution >= 4 is 22.6 Å². The van der Waals surface area contributed by atoms with Gasteiger partial charge in [0.15, 0.2) is 0 Å². The van der Waals surface area contributed by atoms with E-state index in [4.69, 9.17) is 9.68 Å². The molecule has 0 spiro atoms.